The standard InChI is InChI=1S/C19H18F2N2O2/c1-11-8-15(11)18(24)22-13-5-3-4-12(9-13)19(25)23(2)14-6-7-16(20)17(21)10-14/h3-7,9-11,15H,8H2,1-2H3,(H,22,24)/t11-,15-/m0/s1. The summed E-state index contributed by atoms with van der Waals surface area (Å²) in [5.41, 5.74) is 1.12. The smallest absolute Gasteiger partial charge is 0.258 e. The number of nitrogens with one attached hydrogen (secondary N) is 1. The average molecular weight is 344 g/mol. The Morgan fingerprint density at radius 1 is 1.12 bits per heavy atom. The van der Waals surface area contributed by atoms with Crippen molar-refractivity contribution < 1.29 is 18.4 Å². The molecule has 6 heteroatoms. The highest BCUT2D eigenvalue weighted by atomic mass is 19.2. The van der Waals surface area contributed by atoms with E-state index in [2.05, 4.69) is 5.32 Å². The molecular formula is C19H18F2N2O2. The van der Waals surface area contributed by atoms with E-state index in [1.54, 1.807) is 24.3 Å². The summed E-state index contributed by atoms with van der Waals surface area (Å²) in [5, 5.41) is 2.81. The first-order valence-electron chi connectivity index (χ1n) is 8.01. The molecule has 1 aliphatic rings. The molecule has 0 aliphatic heterocycles. The minimum atomic E-state index is -1.02. The summed E-state index contributed by atoms with van der Waals surface area (Å²) >= 11 is 0. The first-order chi connectivity index (χ1) is 11.9. The number of rotatable bonds is 4. The molecule has 2 atom stereocenters. The predicted molar refractivity (Wildman–Crippen MR) is 91.4 cm³/mol. The molecule has 0 radical (unpaired) electrons. The van der Waals surface area contributed by atoms with Gasteiger partial charge in [-0.3, -0.25) is 9.59 Å². The van der Waals surface area contributed by atoms with Gasteiger partial charge >= 0.3 is 0 Å². The van der Waals surface area contributed by atoms with Crippen LogP contribution in [0.2, 0.25) is 0 Å². The Labute approximate surface area is 144 Å². The van der Waals surface area contributed by atoms with Crippen LogP contribution >= 0.6 is 0 Å². The minimum Gasteiger partial charge on any atom is -0.326 e. The van der Waals surface area contributed by atoms with Gasteiger partial charge in [-0.2, -0.15) is 0 Å². The van der Waals surface area contributed by atoms with Crippen LogP contribution in [0.15, 0.2) is 42.5 Å². The van der Waals surface area contributed by atoms with Crippen LogP contribution < -0.4 is 10.2 Å². The Hall–Kier alpha value is -2.76. The lowest BCUT2D eigenvalue weighted by Gasteiger charge is -2.18. The summed E-state index contributed by atoms with van der Waals surface area (Å²) < 4.78 is 26.4. The fourth-order valence-electron chi connectivity index (χ4n) is 2.66. The maximum atomic E-state index is 13.4. The molecule has 25 heavy (non-hydrogen) atoms. The van der Waals surface area contributed by atoms with Gasteiger partial charge in [0.15, 0.2) is 11.6 Å². The fourth-order valence-corrected chi connectivity index (χ4v) is 2.66. The molecule has 1 fully saturated rings. The molecule has 2 aromatic carbocycles. The Kier molecular flexibility index (Phi) is 4.53. The number of halogens is 2. The van der Waals surface area contributed by atoms with E-state index in [0.717, 1.165) is 18.6 Å². The monoisotopic (exact) mass is 344 g/mol. The van der Waals surface area contributed by atoms with E-state index in [0.29, 0.717) is 17.2 Å². The number of hydrogen-bond acceptors (Lipinski definition) is 2. The molecule has 1 aliphatic carbocycles. The second-order valence-electron chi connectivity index (χ2n) is 6.35. The summed E-state index contributed by atoms with van der Waals surface area (Å²) in [6, 6.07) is 9.82. The first-order valence-corrected chi connectivity index (χ1v) is 8.01. The number of carbonyl (C=O) groups is 2. The fraction of sp³-hybridized carbons (Fsp3) is 0.263. The quantitative estimate of drug-likeness (QED) is 0.916. The first kappa shape index (κ1) is 17.1. The van der Waals surface area contributed by atoms with E-state index in [1.807, 2.05) is 6.92 Å². The molecule has 1 saturated carbocycles. The Bertz CT molecular complexity index is 838. The number of hydrogen-bond donors (Lipinski definition) is 1. The van der Waals surface area contributed by atoms with Gasteiger partial charge in [0.05, 0.1) is 0 Å². The minimum absolute atomic E-state index is 0.0317. The molecule has 2 amide bonds. The predicted octanol–water partition coefficient (Wildman–Crippen LogP) is 3.84. The van der Waals surface area contributed by atoms with Crippen molar-refractivity contribution in [3.8, 4) is 0 Å². The average Bonchev–Trinajstić information content (AvgIpc) is 3.33. The van der Waals surface area contributed by atoms with Crippen molar-refractivity contribution in [2.45, 2.75) is 13.3 Å². The Balaban J connectivity index is 1.76. The third-order valence-corrected chi connectivity index (χ3v) is 4.42. The van der Waals surface area contributed by atoms with E-state index in [9.17, 15) is 18.4 Å². The molecule has 0 aromatic heterocycles. The van der Waals surface area contributed by atoms with Crippen LogP contribution in [-0.2, 0) is 4.79 Å². The zero-order valence-electron chi connectivity index (χ0n) is 13.9. The van der Waals surface area contributed by atoms with E-state index in [1.165, 1.54) is 18.0 Å². The van der Waals surface area contributed by atoms with Crippen LogP contribution in [0.1, 0.15) is 23.7 Å². The van der Waals surface area contributed by atoms with Crippen LogP contribution in [0, 0.1) is 23.5 Å². The van der Waals surface area contributed by atoms with E-state index in [4.69, 9.17) is 0 Å². The highest BCUT2D eigenvalue weighted by molar-refractivity contribution is 6.06. The number of anilines is 2. The number of carbonyl (C=O) groups excluding carboxylic acids is 2. The number of benzene rings is 2. The van der Waals surface area contributed by atoms with Crippen molar-refractivity contribution >= 4 is 23.2 Å². The molecule has 4 nitrogen and oxygen atoms in total. The summed E-state index contributed by atoms with van der Waals surface area (Å²) in [6.45, 7) is 2.01. The molecule has 0 spiro atoms. The molecule has 3 rings (SSSR count). The largest absolute Gasteiger partial charge is 0.326 e. The van der Waals surface area contributed by atoms with Crippen LogP contribution in [0.5, 0.6) is 0 Å². The van der Waals surface area contributed by atoms with Crippen LogP contribution in [0.25, 0.3) is 0 Å². The highest BCUT2D eigenvalue weighted by Gasteiger charge is 2.39. The van der Waals surface area contributed by atoms with Gasteiger partial charge in [0.1, 0.15) is 0 Å². The molecule has 0 heterocycles. The maximum absolute atomic E-state index is 13.4. The second kappa shape index (κ2) is 6.63. The summed E-state index contributed by atoms with van der Waals surface area (Å²) in [7, 11) is 1.48. The molecule has 0 bridgehead atoms. The second-order valence-corrected chi connectivity index (χ2v) is 6.35. The molecule has 1 N–H and O–H groups in total. The van der Waals surface area contributed by atoms with Crippen molar-refractivity contribution in [1.82, 2.24) is 0 Å². The number of amides is 2. The van der Waals surface area contributed by atoms with Gasteiger partial charge in [0.25, 0.3) is 5.91 Å². The zero-order chi connectivity index (χ0) is 18.1. The van der Waals surface area contributed by atoms with Crippen molar-refractivity contribution in [2.24, 2.45) is 11.8 Å². The third kappa shape index (κ3) is 3.68. The SMILES string of the molecule is C[C@H]1C[C@@H]1C(=O)Nc1cccc(C(=O)N(C)c2ccc(F)c(F)c2)c1. The van der Waals surface area contributed by atoms with E-state index < -0.39 is 11.6 Å². The highest BCUT2D eigenvalue weighted by Crippen LogP contribution is 2.38. The van der Waals surface area contributed by atoms with Crippen molar-refractivity contribution in [3.63, 3.8) is 0 Å². The molecule has 0 unspecified atom stereocenters. The van der Waals surface area contributed by atoms with Gasteiger partial charge in [-0.25, -0.2) is 8.78 Å². The van der Waals surface area contributed by atoms with Gasteiger partial charge in [-0.05, 0) is 42.7 Å². The lowest BCUT2D eigenvalue weighted by Crippen LogP contribution is -2.26. The maximum Gasteiger partial charge on any atom is 0.258 e. The summed E-state index contributed by atoms with van der Waals surface area (Å²) in [6.07, 6.45) is 0.878. The van der Waals surface area contributed by atoms with Crippen molar-refractivity contribution in [3.05, 3.63) is 59.7 Å². The molecule has 130 valence electrons. The molecule has 2 aromatic rings. The summed E-state index contributed by atoms with van der Waals surface area (Å²) in [4.78, 5) is 25.8. The van der Waals surface area contributed by atoms with Gasteiger partial charge in [0, 0.05) is 36.0 Å². The van der Waals surface area contributed by atoms with Crippen LogP contribution in [0.3, 0.4) is 0 Å². The Morgan fingerprint density at radius 3 is 2.48 bits per heavy atom. The number of nitrogens with zero attached hydrogens (tertiary/aromatic N) is 1. The van der Waals surface area contributed by atoms with Gasteiger partial charge in [-0.15, -0.1) is 0 Å². The van der Waals surface area contributed by atoms with Crippen LogP contribution in [-0.4, -0.2) is 18.9 Å². The van der Waals surface area contributed by atoms with Crippen LogP contribution in [0.4, 0.5) is 20.2 Å². The molecule has 0 saturated heterocycles. The Morgan fingerprint density at radius 2 is 1.84 bits per heavy atom. The lowest BCUT2D eigenvalue weighted by atomic mass is 10.1. The summed E-state index contributed by atoms with van der Waals surface area (Å²) in [5.74, 6) is -2.00. The van der Waals surface area contributed by atoms with Gasteiger partial charge in [-0.1, -0.05) is 13.0 Å². The molecular weight excluding hydrogens is 326 g/mol. The normalized spacial score (nSPS) is 18.6. The van der Waals surface area contributed by atoms with E-state index in [-0.39, 0.29) is 23.4 Å². The topological polar surface area (TPSA) is 49.4 Å². The van der Waals surface area contributed by atoms with E-state index >= 15 is 0 Å². The zero-order valence-corrected chi connectivity index (χ0v) is 13.9. The van der Waals surface area contributed by atoms with Gasteiger partial charge in [0.2, 0.25) is 5.91 Å². The lowest BCUT2D eigenvalue weighted by molar-refractivity contribution is -0.117. The third-order valence-electron chi connectivity index (χ3n) is 4.42. The van der Waals surface area contributed by atoms with Gasteiger partial charge < -0.3 is 10.2 Å². The van der Waals surface area contributed by atoms with Crippen molar-refractivity contribution in [1.29, 1.82) is 0 Å². The van der Waals surface area contributed by atoms with Crippen molar-refractivity contribution in [2.75, 3.05) is 17.3 Å².